The fraction of sp³-hybridized carbons (Fsp3) is 0.300. The lowest BCUT2D eigenvalue weighted by molar-refractivity contribution is 0.0628. The van der Waals surface area contributed by atoms with E-state index < -0.39 is 0 Å². The number of carbonyl (C=O) groups is 1. The molecule has 1 amide bonds. The number of amides is 1. The summed E-state index contributed by atoms with van der Waals surface area (Å²) in [4.78, 5) is 26.3. The second kappa shape index (κ2) is 7.13. The molecule has 0 radical (unpaired) electrons. The van der Waals surface area contributed by atoms with Crippen LogP contribution in [0.2, 0.25) is 5.02 Å². The van der Waals surface area contributed by atoms with Crippen LogP contribution in [0.3, 0.4) is 0 Å². The van der Waals surface area contributed by atoms with Crippen molar-refractivity contribution in [2.75, 3.05) is 26.2 Å². The number of rotatable bonds is 3. The molecule has 9 heteroatoms. The number of halogens is 1. The zero-order chi connectivity index (χ0) is 20.0. The first kappa shape index (κ1) is 18.1. The highest BCUT2D eigenvalue weighted by atomic mass is 35.5. The molecule has 5 rings (SSSR count). The monoisotopic (exact) mass is 409 g/mol. The minimum atomic E-state index is -0.00165. The molecule has 0 unspecified atom stereocenters. The van der Waals surface area contributed by atoms with E-state index in [-0.39, 0.29) is 5.91 Å². The fourth-order valence-electron chi connectivity index (χ4n) is 3.84. The molecule has 4 aromatic rings. The lowest BCUT2D eigenvalue weighted by atomic mass is 10.2. The Bertz CT molecular complexity index is 1210. The first-order valence-electron chi connectivity index (χ1n) is 9.53. The number of pyridine rings is 1. The first-order valence-corrected chi connectivity index (χ1v) is 9.91. The lowest BCUT2D eigenvalue weighted by Gasteiger charge is -2.34. The van der Waals surface area contributed by atoms with E-state index in [0.29, 0.717) is 35.0 Å². The van der Waals surface area contributed by atoms with Crippen molar-refractivity contribution in [2.45, 2.75) is 13.5 Å². The van der Waals surface area contributed by atoms with Gasteiger partial charge in [-0.25, -0.2) is 14.5 Å². The van der Waals surface area contributed by atoms with Crippen molar-refractivity contribution in [1.29, 1.82) is 0 Å². The molecule has 148 valence electrons. The molecular formula is C20H20ClN7O. The van der Waals surface area contributed by atoms with E-state index in [1.807, 2.05) is 46.9 Å². The minimum absolute atomic E-state index is 0.00165. The molecule has 1 aliphatic heterocycles. The standard InChI is InChI=1S/C20H20ClN7O/c1-14-18(19-22-5-2-6-28(19)24-14)20(29)26-9-7-25(8-10-26)12-16-13-27-11-15(21)3-4-17(27)23-16/h2-6,11,13H,7-10,12H2,1H3. The molecule has 8 nitrogen and oxygen atoms in total. The van der Waals surface area contributed by atoms with Gasteiger partial charge in [0.15, 0.2) is 5.65 Å². The van der Waals surface area contributed by atoms with Crippen LogP contribution in [-0.4, -0.2) is 65.9 Å². The predicted molar refractivity (Wildman–Crippen MR) is 109 cm³/mol. The molecule has 0 aliphatic carbocycles. The number of fused-ring (bicyclic) bond motifs is 2. The predicted octanol–water partition coefficient (Wildman–Crippen LogP) is 2.30. The summed E-state index contributed by atoms with van der Waals surface area (Å²) >= 11 is 6.05. The summed E-state index contributed by atoms with van der Waals surface area (Å²) in [6, 6.07) is 5.56. The first-order chi connectivity index (χ1) is 14.1. The molecular weight excluding hydrogens is 390 g/mol. The summed E-state index contributed by atoms with van der Waals surface area (Å²) in [5.74, 6) is -0.00165. The van der Waals surface area contributed by atoms with Gasteiger partial charge in [0, 0.05) is 57.5 Å². The van der Waals surface area contributed by atoms with Gasteiger partial charge in [-0.15, -0.1) is 0 Å². The van der Waals surface area contributed by atoms with Crippen molar-refractivity contribution >= 4 is 28.8 Å². The second-order valence-corrected chi connectivity index (χ2v) is 7.70. The lowest BCUT2D eigenvalue weighted by Crippen LogP contribution is -2.48. The van der Waals surface area contributed by atoms with Crippen LogP contribution < -0.4 is 0 Å². The van der Waals surface area contributed by atoms with Crippen molar-refractivity contribution < 1.29 is 4.79 Å². The summed E-state index contributed by atoms with van der Waals surface area (Å²) < 4.78 is 3.60. The Balaban J connectivity index is 1.27. The topological polar surface area (TPSA) is 71.0 Å². The number of aryl methyl sites for hydroxylation is 1. The van der Waals surface area contributed by atoms with Gasteiger partial charge in [-0.3, -0.25) is 9.69 Å². The maximum Gasteiger partial charge on any atom is 0.259 e. The van der Waals surface area contributed by atoms with Gasteiger partial charge in [0.2, 0.25) is 0 Å². The second-order valence-electron chi connectivity index (χ2n) is 7.26. The van der Waals surface area contributed by atoms with E-state index in [1.54, 1.807) is 16.8 Å². The van der Waals surface area contributed by atoms with E-state index >= 15 is 0 Å². The van der Waals surface area contributed by atoms with Crippen molar-refractivity contribution in [3.63, 3.8) is 0 Å². The maximum atomic E-state index is 13.1. The molecule has 0 saturated carbocycles. The van der Waals surface area contributed by atoms with Crippen molar-refractivity contribution in [2.24, 2.45) is 0 Å². The van der Waals surface area contributed by atoms with Gasteiger partial charge in [0.25, 0.3) is 5.91 Å². The van der Waals surface area contributed by atoms with Gasteiger partial charge in [-0.05, 0) is 25.1 Å². The van der Waals surface area contributed by atoms with E-state index in [2.05, 4.69) is 20.0 Å². The summed E-state index contributed by atoms with van der Waals surface area (Å²) in [6.07, 6.45) is 7.36. The molecule has 4 aromatic heterocycles. The Kier molecular flexibility index (Phi) is 4.44. The van der Waals surface area contributed by atoms with Gasteiger partial charge in [0.1, 0.15) is 11.2 Å². The Morgan fingerprint density at radius 1 is 1.17 bits per heavy atom. The minimum Gasteiger partial charge on any atom is -0.336 e. The zero-order valence-corrected chi connectivity index (χ0v) is 16.7. The van der Waals surface area contributed by atoms with Gasteiger partial charge in [-0.1, -0.05) is 11.6 Å². The molecule has 1 fully saturated rings. The number of nitrogens with zero attached hydrogens (tertiary/aromatic N) is 7. The molecule has 1 aliphatic rings. The van der Waals surface area contributed by atoms with Crippen LogP contribution in [-0.2, 0) is 6.54 Å². The summed E-state index contributed by atoms with van der Waals surface area (Å²) in [5, 5.41) is 5.09. The number of imidazole rings is 1. The smallest absolute Gasteiger partial charge is 0.259 e. The zero-order valence-electron chi connectivity index (χ0n) is 16.0. The SMILES string of the molecule is Cc1nn2cccnc2c1C(=O)N1CCN(Cc2cn3cc(Cl)ccc3n2)CC1. The van der Waals surface area contributed by atoms with Gasteiger partial charge >= 0.3 is 0 Å². The third-order valence-corrected chi connectivity index (χ3v) is 5.52. The molecule has 1 saturated heterocycles. The Morgan fingerprint density at radius 3 is 2.83 bits per heavy atom. The normalized spacial score (nSPS) is 15.4. The van der Waals surface area contributed by atoms with Crippen molar-refractivity contribution in [3.05, 3.63) is 65.0 Å². The van der Waals surface area contributed by atoms with Crippen LogP contribution in [0.1, 0.15) is 21.7 Å². The highest BCUT2D eigenvalue weighted by molar-refractivity contribution is 6.30. The fourth-order valence-corrected chi connectivity index (χ4v) is 4.00. The molecule has 0 spiro atoms. The third kappa shape index (κ3) is 3.34. The van der Waals surface area contributed by atoms with E-state index in [0.717, 1.165) is 31.0 Å². The number of hydrogen-bond donors (Lipinski definition) is 0. The highest BCUT2D eigenvalue weighted by Gasteiger charge is 2.27. The summed E-state index contributed by atoms with van der Waals surface area (Å²) in [6.45, 7) is 5.54. The molecule has 0 bridgehead atoms. The number of carbonyl (C=O) groups excluding carboxylic acids is 1. The van der Waals surface area contributed by atoms with Crippen molar-refractivity contribution in [1.82, 2.24) is 33.8 Å². The van der Waals surface area contributed by atoms with Crippen LogP contribution >= 0.6 is 11.6 Å². The Morgan fingerprint density at radius 2 is 2.00 bits per heavy atom. The van der Waals surface area contributed by atoms with Crippen LogP contribution in [0.5, 0.6) is 0 Å². The molecule has 29 heavy (non-hydrogen) atoms. The van der Waals surface area contributed by atoms with Crippen LogP contribution in [0, 0.1) is 6.92 Å². The number of aromatic nitrogens is 5. The van der Waals surface area contributed by atoms with Gasteiger partial charge in [-0.2, -0.15) is 5.10 Å². The van der Waals surface area contributed by atoms with Crippen LogP contribution in [0.15, 0.2) is 43.0 Å². The Labute approximate surface area is 172 Å². The summed E-state index contributed by atoms with van der Waals surface area (Å²) in [5.41, 5.74) is 3.79. The Hall–Kier alpha value is -2.97. The summed E-state index contributed by atoms with van der Waals surface area (Å²) in [7, 11) is 0. The number of piperazine rings is 1. The maximum absolute atomic E-state index is 13.1. The van der Waals surface area contributed by atoms with Crippen molar-refractivity contribution in [3.8, 4) is 0 Å². The quantitative estimate of drug-likeness (QED) is 0.519. The third-order valence-electron chi connectivity index (χ3n) is 5.29. The van der Waals surface area contributed by atoms with E-state index in [9.17, 15) is 4.79 Å². The van der Waals surface area contributed by atoms with E-state index in [1.165, 1.54) is 0 Å². The molecule has 0 N–H and O–H groups in total. The average molecular weight is 410 g/mol. The van der Waals surface area contributed by atoms with Gasteiger partial charge in [0.05, 0.1) is 16.4 Å². The number of hydrogen-bond acceptors (Lipinski definition) is 5. The van der Waals surface area contributed by atoms with Crippen LogP contribution in [0.4, 0.5) is 0 Å². The highest BCUT2D eigenvalue weighted by Crippen LogP contribution is 2.18. The molecule has 0 aromatic carbocycles. The van der Waals surface area contributed by atoms with Crippen LogP contribution in [0.25, 0.3) is 11.3 Å². The van der Waals surface area contributed by atoms with Gasteiger partial charge < -0.3 is 9.30 Å². The largest absolute Gasteiger partial charge is 0.336 e. The molecule has 0 atom stereocenters. The average Bonchev–Trinajstić information content (AvgIpc) is 3.26. The molecule has 5 heterocycles. The van der Waals surface area contributed by atoms with E-state index in [4.69, 9.17) is 11.6 Å².